The highest BCUT2D eigenvalue weighted by molar-refractivity contribution is 6.00. The van der Waals surface area contributed by atoms with E-state index in [1.807, 2.05) is 33.3 Å². The molecular weight excluding hydrogens is 780 g/mol. The summed E-state index contributed by atoms with van der Waals surface area (Å²) in [5.74, 6) is -0.520. The molecule has 1 N–H and O–H groups in total. The van der Waals surface area contributed by atoms with Gasteiger partial charge in [0.2, 0.25) is 0 Å². The highest BCUT2D eigenvalue weighted by atomic mass is 19.1. The summed E-state index contributed by atoms with van der Waals surface area (Å²) in [5, 5.41) is 10.1. The molecule has 0 radical (unpaired) electrons. The molecule has 0 unspecified atom stereocenters. The van der Waals surface area contributed by atoms with Gasteiger partial charge in [0.1, 0.15) is 28.4 Å². The molecule has 6 heterocycles. The van der Waals surface area contributed by atoms with Crippen molar-refractivity contribution < 1.29 is 23.2 Å². The highest BCUT2D eigenvalue weighted by Gasteiger charge is 2.53. The van der Waals surface area contributed by atoms with E-state index in [1.165, 1.54) is 23.3 Å². The van der Waals surface area contributed by atoms with Crippen molar-refractivity contribution in [1.82, 2.24) is 38.5 Å². The van der Waals surface area contributed by atoms with Gasteiger partial charge in [-0.05, 0) is 132 Å². The van der Waals surface area contributed by atoms with Gasteiger partial charge < -0.3 is 18.9 Å². The number of hydrogen-bond acceptors (Lipinski definition) is 8. The molecule has 316 valence electrons. The molecule has 14 nitrogen and oxygen atoms in total. The van der Waals surface area contributed by atoms with E-state index in [0.29, 0.717) is 79.2 Å². The lowest BCUT2D eigenvalue weighted by atomic mass is 9.59. The topological polar surface area (TPSA) is 147 Å². The number of hydrogen-bond donors (Lipinski definition) is 1. The van der Waals surface area contributed by atoms with Gasteiger partial charge in [-0.25, -0.2) is 14.0 Å². The number of amides is 1. The van der Waals surface area contributed by atoms with Crippen molar-refractivity contribution in [2.45, 2.75) is 102 Å². The van der Waals surface area contributed by atoms with E-state index in [-0.39, 0.29) is 28.4 Å². The number of allylic oxidation sites excluding steroid dienone is 2. The van der Waals surface area contributed by atoms with E-state index in [9.17, 15) is 14.0 Å². The lowest BCUT2D eigenvalue weighted by Crippen LogP contribution is -2.43. The third kappa shape index (κ3) is 5.98. The van der Waals surface area contributed by atoms with Crippen molar-refractivity contribution in [3.63, 3.8) is 0 Å². The predicted molar refractivity (Wildman–Crippen MR) is 224 cm³/mol. The lowest BCUT2D eigenvalue weighted by Gasteiger charge is -2.49. The fourth-order valence-electron chi connectivity index (χ4n) is 11.1. The smallest absolute Gasteiger partial charge is 0.384 e. The Morgan fingerprint density at radius 1 is 1.02 bits per heavy atom. The molecule has 6 aromatic rings. The Kier molecular flexibility index (Phi) is 8.51. The third-order valence-electron chi connectivity index (χ3n) is 14.2. The first kappa shape index (κ1) is 38.1. The van der Waals surface area contributed by atoms with E-state index in [2.05, 4.69) is 42.2 Å². The first-order chi connectivity index (χ1) is 29.4. The van der Waals surface area contributed by atoms with Crippen LogP contribution in [0.1, 0.15) is 112 Å². The summed E-state index contributed by atoms with van der Waals surface area (Å²) < 4.78 is 38.2. The monoisotopic (exact) mass is 828 g/mol. The number of carbonyl (C=O) groups excluding carboxylic acids is 1. The van der Waals surface area contributed by atoms with Crippen LogP contribution in [0.25, 0.3) is 33.5 Å². The standard InChI is InChI=1S/C46H49FN8O6/c1-27-38-39(53-17-16-52(43(53)58)34-11-13-45(26-59-4)24-32(34)25-45)37(28-5-8-33(47)9-6-28)49-54(38)19-18-51(27)40(56)36-22-31-21-29(30-12-20-60-44(2,3)23-30)7-10-35(31)55(36)46(14-15-46)41-48-42(57)61-50-41/h5-10,16-17,21-22,27,30H,11-15,18-20,23-26H2,1-4H3,(H,48,50,57)/t27-,30+/m0/s1. The summed E-state index contributed by atoms with van der Waals surface area (Å²) in [6.45, 7) is 8.35. The molecule has 0 spiro atoms. The molecule has 61 heavy (non-hydrogen) atoms. The maximum absolute atomic E-state index is 15.4. The SMILES string of the molecule is COCC12CCC(n3ccn(-c4c(-c5ccc(F)cc5)nn5c4[C@H](C)N(C(=O)c4cc6cc([C@@H]7CCOC(C)(C)C7)ccc6n4C4(c6noc(=O)[nH]6)CC4)CC5)c3=O)=C(C1)C2. The van der Waals surface area contributed by atoms with Crippen molar-refractivity contribution in [2.75, 3.05) is 26.9 Å². The average molecular weight is 829 g/mol. The number of benzene rings is 2. The van der Waals surface area contributed by atoms with E-state index < -0.39 is 17.3 Å². The van der Waals surface area contributed by atoms with Crippen molar-refractivity contribution in [2.24, 2.45) is 5.41 Å². The van der Waals surface area contributed by atoms with Crippen LogP contribution in [0.3, 0.4) is 0 Å². The number of rotatable bonds is 9. The van der Waals surface area contributed by atoms with Gasteiger partial charge >= 0.3 is 11.4 Å². The molecule has 1 saturated heterocycles. The van der Waals surface area contributed by atoms with Crippen LogP contribution in [-0.4, -0.2) is 76.9 Å². The van der Waals surface area contributed by atoms with Gasteiger partial charge in [0.15, 0.2) is 5.82 Å². The van der Waals surface area contributed by atoms with Crippen LogP contribution in [0.5, 0.6) is 0 Å². The summed E-state index contributed by atoms with van der Waals surface area (Å²) in [4.78, 5) is 46.9. The third-order valence-corrected chi connectivity index (χ3v) is 14.2. The molecule has 2 bridgehead atoms. The Labute approximate surface area is 350 Å². The first-order valence-electron chi connectivity index (χ1n) is 21.4. The van der Waals surface area contributed by atoms with Crippen LogP contribution < -0.4 is 11.4 Å². The molecule has 15 heteroatoms. The van der Waals surface area contributed by atoms with Gasteiger partial charge in [0.25, 0.3) is 5.91 Å². The second-order valence-electron chi connectivity index (χ2n) is 18.6. The van der Waals surface area contributed by atoms with Gasteiger partial charge in [0, 0.05) is 60.2 Å². The van der Waals surface area contributed by atoms with Gasteiger partial charge in [-0.15, -0.1) is 0 Å². The molecule has 1 amide bonds. The first-order valence-corrected chi connectivity index (χ1v) is 21.4. The molecular formula is C46H49FN8O6. The van der Waals surface area contributed by atoms with Gasteiger partial charge in [0.05, 0.1) is 30.5 Å². The maximum Gasteiger partial charge on any atom is 0.438 e. The van der Waals surface area contributed by atoms with Crippen LogP contribution in [0, 0.1) is 11.2 Å². The van der Waals surface area contributed by atoms with Gasteiger partial charge in [-0.3, -0.25) is 28.1 Å². The molecule has 3 fully saturated rings. The Hall–Kier alpha value is -5.80. The van der Waals surface area contributed by atoms with E-state index in [4.69, 9.17) is 19.1 Å². The number of H-pyrrole nitrogens is 1. The maximum atomic E-state index is 15.4. The predicted octanol–water partition coefficient (Wildman–Crippen LogP) is 7.13. The van der Waals surface area contributed by atoms with E-state index >= 15 is 4.79 Å². The number of nitrogens with zero attached hydrogens (tertiary/aromatic N) is 7. The number of fused-ring (bicyclic) bond motifs is 4. The fraction of sp³-hybridized carbons (Fsp3) is 0.457. The zero-order valence-electron chi connectivity index (χ0n) is 34.9. The molecule has 4 aromatic heterocycles. The molecule has 4 aliphatic carbocycles. The minimum absolute atomic E-state index is 0.160. The number of methoxy groups -OCH3 is 1. The van der Waals surface area contributed by atoms with Crippen LogP contribution >= 0.6 is 0 Å². The molecule has 6 aliphatic rings. The number of ether oxygens (including phenoxy) is 2. The quantitative estimate of drug-likeness (QED) is 0.162. The van der Waals surface area contributed by atoms with Crippen molar-refractivity contribution in [1.29, 1.82) is 0 Å². The molecule has 12 rings (SSSR count). The van der Waals surface area contributed by atoms with Crippen molar-refractivity contribution in [3.05, 3.63) is 116 Å². The second kappa shape index (κ2) is 13.6. The summed E-state index contributed by atoms with van der Waals surface area (Å²) in [6, 6.07) is 14.0. The van der Waals surface area contributed by atoms with Crippen LogP contribution in [0.2, 0.25) is 0 Å². The summed E-state index contributed by atoms with van der Waals surface area (Å²) in [6.07, 6.45) is 10.3. The molecule has 2 aliphatic heterocycles. The van der Waals surface area contributed by atoms with Crippen LogP contribution in [-0.2, 0) is 21.6 Å². The lowest BCUT2D eigenvalue weighted by molar-refractivity contribution is -0.0592. The van der Waals surface area contributed by atoms with Gasteiger partial charge in [-0.2, -0.15) is 5.10 Å². The Bertz CT molecular complexity index is 2890. The number of aromatic nitrogens is 7. The van der Waals surface area contributed by atoms with Gasteiger partial charge in [-0.1, -0.05) is 11.2 Å². The number of aromatic amines is 1. The number of nitrogens with one attached hydrogen (secondary N) is 1. The van der Waals surface area contributed by atoms with Crippen LogP contribution in [0.15, 0.2) is 80.6 Å². The zero-order valence-corrected chi connectivity index (χ0v) is 34.9. The zero-order chi connectivity index (χ0) is 42.0. The minimum Gasteiger partial charge on any atom is -0.384 e. The molecule has 2 saturated carbocycles. The normalized spacial score (nSPS) is 22.3. The Morgan fingerprint density at radius 2 is 1.80 bits per heavy atom. The number of halogens is 1. The summed E-state index contributed by atoms with van der Waals surface area (Å²) in [5.41, 5.74) is 6.26. The van der Waals surface area contributed by atoms with E-state index in [0.717, 1.165) is 55.1 Å². The average Bonchev–Trinajstić information content (AvgIpc) is 3.52. The Balaban J connectivity index is 1.01. The summed E-state index contributed by atoms with van der Waals surface area (Å²) in [7, 11) is 1.74. The minimum atomic E-state index is -0.766. The van der Waals surface area contributed by atoms with Crippen molar-refractivity contribution in [3.8, 4) is 16.9 Å². The van der Waals surface area contributed by atoms with E-state index in [1.54, 1.807) is 34.6 Å². The summed E-state index contributed by atoms with van der Waals surface area (Å²) >= 11 is 0. The molecule has 2 aromatic carbocycles. The number of carbonyl (C=O) groups is 1. The molecule has 2 atom stereocenters. The Morgan fingerprint density at radius 3 is 2.49 bits per heavy atom. The number of imidazole rings is 1. The van der Waals surface area contributed by atoms with Crippen molar-refractivity contribution >= 4 is 22.5 Å². The second-order valence-corrected chi connectivity index (χ2v) is 18.6. The fourth-order valence-corrected chi connectivity index (χ4v) is 11.1. The van der Waals surface area contributed by atoms with Crippen LogP contribution in [0.4, 0.5) is 4.39 Å². The highest BCUT2D eigenvalue weighted by Crippen LogP contribution is 2.56. The largest absolute Gasteiger partial charge is 0.438 e.